The zero-order valence-corrected chi connectivity index (χ0v) is 36.0. The minimum Gasteiger partial charge on any atom is -0.459 e. The second kappa shape index (κ2) is 36.4. The number of ether oxygens (including phenoxy) is 15. The van der Waals surface area contributed by atoms with E-state index in [1.807, 2.05) is 0 Å². The molecule has 0 aliphatic heterocycles. The molecule has 0 N–H and O–H groups in total. The molecule has 67 heavy (non-hydrogen) atoms. The van der Waals surface area contributed by atoms with Gasteiger partial charge >= 0.3 is 48.0 Å². The van der Waals surface area contributed by atoms with Crippen LogP contribution in [0.15, 0.2) is 0 Å². The lowest BCUT2D eigenvalue weighted by Gasteiger charge is -2.26. The van der Waals surface area contributed by atoms with Gasteiger partial charge in [0.05, 0.1) is 172 Å². The molecule has 0 aromatic heterocycles. The number of halogens is 14. The number of esters is 2. The maximum absolute atomic E-state index is 13.1. The van der Waals surface area contributed by atoms with Gasteiger partial charge in [0.1, 0.15) is 13.2 Å². The Morgan fingerprint density at radius 1 is 0.224 bits per heavy atom. The molecule has 17 nitrogen and oxygen atoms in total. The Labute approximate surface area is 375 Å². The number of hydrogen-bond acceptors (Lipinski definition) is 17. The SMILES string of the molecule is O=C(OCCOCCOCCOCCOCCOCCOCCOCCOCCOCCOCCOCCOCCOCCOC(=O)C(F)(F)C(F)(F)C(F)(F)F)C(F)(F)C(F)(F)C(F)(F)F. The van der Waals surface area contributed by atoms with Crippen LogP contribution < -0.4 is 0 Å². The zero-order valence-electron chi connectivity index (χ0n) is 36.0. The highest BCUT2D eigenvalue weighted by Gasteiger charge is 2.78. The average molecular weight is 1030 g/mol. The first-order chi connectivity index (χ1) is 31.5. The van der Waals surface area contributed by atoms with Crippen LogP contribution in [0.1, 0.15) is 0 Å². The summed E-state index contributed by atoms with van der Waals surface area (Å²) in [7, 11) is 0. The summed E-state index contributed by atoms with van der Waals surface area (Å²) >= 11 is 0. The van der Waals surface area contributed by atoms with Crippen molar-refractivity contribution in [3.05, 3.63) is 0 Å². The Morgan fingerprint density at radius 3 is 0.463 bits per heavy atom. The summed E-state index contributed by atoms with van der Waals surface area (Å²) in [6.07, 6.45) is -13.3. The zero-order chi connectivity index (χ0) is 50.6. The Hall–Kier alpha value is -2.56. The van der Waals surface area contributed by atoms with Gasteiger partial charge < -0.3 is 71.1 Å². The fourth-order valence-electron chi connectivity index (χ4n) is 3.92. The lowest BCUT2D eigenvalue weighted by atomic mass is 10.1. The highest BCUT2D eigenvalue weighted by molar-refractivity contribution is 5.79. The van der Waals surface area contributed by atoms with E-state index in [-0.39, 0.29) is 79.3 Å². The van der Waals surface area contributed by atoms with E-state index in [2.05, 4.69) is 9.47 Å². The van der Waals surface area contributed by atoms with Crippen LogP contribution >= 0.6 is 0 Å². The lowest BCUT2D eigenvalue weighted by molar-refractivity contribution is -0.348. The molecule has 0 aliphatic rings. The second-order valence-electron chi connectivity index (χ2n) is 12.5. The summed E-state index contributed by atoms with van der Waals surface area (Å²) < 4.78 is 252. The van der Waals surface area contributed by atoms with Gasteiger partial charge in [-0.05, 0) is 0 Å². The van der Waals surface area contributed by atoms with Crippen LogP contribution in [0.4, 0.5) is 61.5 Å². The topological polar surface area (TPSA) is 173 Å². The van der Waals surface area contributed by atoms with E-state index in [4.69, 9.17) is 61.6 Å². The van der Waals surface area contributed by atoms with Gasteiger partial charge in [-0.25, -0.2) is 9.59 Å². The van der Waals surface area contributed by atoms with Gasteiger partial charge in [0.2, 0.25) is 0 Å². The third-order valence-electron chi connectivity index (χ3n) is 7.40. The van der Waals surface area contributed by atoms with E-state index >= 15 is 0 Å². The van der Waals surface area contributed by atoms with E-state index in [0.717, 1.165) is 0 Å². The molecule has 0 aliphatic carbocycles. The molecule has 0 rings (SSSR count). The van der Waals surface area contributed by atoms with Gasteiger partial charge in [-0.2, -0.15) is 61.5 Å². The van der Waals surface area contributed by atoms with Crippen LogP contribution in [0.5, 0.6) is 0 Å². The van der Waals surface area contributed by atoms with Crippen molar-refractivity contribution >= 4 is 11.9 Å². The van der Waals surface area contributed by atoms with Crippen LogP contribution in [-0.2, 0) is 80.6 Å². The largest absolute Gasteiger partial charge is 0.460 e. The summed E-state index contributed by atoms with van der Waals surface area (Å²) in [4.78, 5) is 22.0. The van der Waals surface area contributed by atoms with Crippen molar-refractivity contribution in [1.82, 2.24) is 0 Å². The Balaban J connectivity index is 3.32. The van der Waals surface area contributed by atoms with Gasteiger partial charge in [-0.1, -0.05) is 0 Å². The van der Waals surface area contributed by atoms with Crippen molar-refractivity contribution < 1.29 is 142 Å². The van der Waals surface area contributed by atoms with Crippen LogP contribution in [0.25, 0.3) is 0 Å². The van der Waals surface area contributed by atoms with Crippen molar-refractivity contribution in [3.63, 3.8) is 0 Å². The van der Waals surface area contributed by atoms with Crippen LogP contribution in [-0.4, -0.2) is 233 Å². The lowest BCUT2D eigenvalue weighted by Crippen LogP contribution is -2.56. The molecule has 0 atom stereocenters. The molecule has 0 heterocycles. The molecule has 0 saturated carbocycles. The molecular formula is C36H56F14O17. The van der Waals surface area contributed by atoms with E-state index in [1.54, 1.807) is 0 Å². The van der Waals surface area contributed by atoms with Gasteiger partial charge in [-0.15, -0.1) is 0 Å². The minimum atomic E-state index is -6.65. The quantitative estimate of drug-likeness (QED) is 0.0487. The molecule has 0 bridgehead atoms. The third kappa shape index (κ3) is 28.6. The molecule has 0 amide bonds. The van der Waals surface area contributed by atoms with Crippen molar-refractivity contribution in [2.75, 3.05) is 185 Å². The van der Waals surface area contributed by atoms with Gasteiger partial charge in [0.25, 0.3) is 0 Å². The van der Waals surface area contributed by atoms with E-state index in [1.165, 1.54) is 0 Å². The molecular weight excluding hydrogens is 970 g/mol. The van der Waals surface area contributed by atoms with Gasteiger partial charge in [0.15, 0.2) is 0 Å². The normalized spacial score (nSPS) is 13.1. The van der Waals surface area contributed by atoms with E-state index in [9.17, 15) is 71.1 Å². The monoisotopic (exact) mass is 1030 g/mol. The molecule has 400 valence electrons. The highest BCUT2D eigenvalue weighted by atomic mass is 19.4. The average Bonchev–Trinajstić information content (AvgIpc) is 3.25. The molecule has 0 aromatic rings. The first-order valence-corrected chi connectivity index (χ1v) is 20.0. The number of alkyl halides is 14. The number of rotatable bonds is 46. The minimum absolute atomic E-state index is 0.00202. The third-order valence-corrected chi connectivity index (χ3v) is 7.40. The van der Waals surface area contributed by atoms with Crippen LogP contribution in [0.2, 0.25) is 0 Å². The van der Waals surface area contributed by atoms with Crippen molar-refractivity contribution in [2.24, 2.45) is 0 Å². The summed E-state index contributed by atoms with van der Waals surface area (Å²) in [6.45, 7) is 2.55. The fourth-order valence-corrected chi connectivity index (χ4v) is 3.92. The first-order valence-electron chi connectivity index (χ1n) is 20.0. The summed E-state index contributed by atoms with van der Waals surface area (Å²) in [5, 5.41) is 0. The molecule has 0 radical (unpaired) electrons. The van der Waals surface area contributed by atoms with Crippen LogP contribution in [0, 0.1) is 0 Å². The molecule has 0 unspecified atom stereocenters. The Bertz CT molecular complexity index is 1150. The maximum atomic E-state index is 13.1. The predicted octanol–water partition coefficient (Wildman–Crippen LogP) is 3.95. The Morgan fingerprint density at radius 2 is 0.343 bits per heavy atom. The molecule has 0 aromatic carbocycles. The second-order valence-corrected chi connectivity index (χ2v) is 12.5. The molecule has 0 fully saturated rings. The molecule has 0 saturated heterocycles. The Kier molecular flexibility index (Phi) is 35.0. The number of carbonyl (C=O) groups is 2. The van der Waals surface area contributed by atoms with E-state index in [0.29, 0.717) is 79.3 Å². The fraction of sp³-hybridized carbons (Fsp3) is 0.944. The van der Waals surface area contributed by atoms with E-state index < -0.39 is 74.4 Å². The summed E-state index contributed by atoms with van der Waals surface area (Å²) in [5.74, 6) is -31.5. The number of carbonyl (C=O) groups excluding carboxylic acids is 2. The summed E-state index contributed by atoms with van der Waals surface area (Å²) in [5.41, 5.74) is 0. The van der Waals surface area contributed by atoms with Crippen molar-refractivity contribution in [1.29, 1.82) is 0 Å². The summed E-state index contributed by atoms with van der Waals surface area (Å²) in [6, 6.07) is 0. The molecule has 0 spiro atoms. The first kappa shape index (κ1) is 64.4. The standard InChI is InChI=1S/C36H56F14O17/c37-31(38,33(41,42)35(45,46)47)29(51)66-27-25-64-23-21-62-19-17-60-15-13-58-11-9-56-7-5-54-3-1-53-2-4-55-6-8-57-10-12-59-14-16-61-18-20-63-22-24-65-26-28-67-30(52)32(39,40)34(43,44)36(48,49)50/h1-28H2. The van der Waals surface area contributed by atoms with Crippen molar-refractivity contribution in [2.45, 2.75) is 36.0 Å². The predicted molar refractivity (Wildman–Crippen MR) is 194 cm³/mol. The van der Waals surface area contributed by atoms with Crippen LogP contribution in [0.3, 0.4) is 0 Å². The van der Waals surface area contributed by atoms with Gasteiger partial charge in [-0.3, -0.25) is 0 Å². The maximum Gasteiger partial charge on any atom is 0.460 e. The number of hydrogen-bond donors (Lipinski definition) is 0. The highest BCUT2D eigenvalue weighted by Crippen LogP contribution is 2.48. The van der Waals surface area contributed by atoms with Crippen molar-refractivity contribution in [3.8, 4) is 0 Å². The molecule has 31 heteroatoms. The smallest absolute Gasteiger partial charge is 0.459 e. The van der Waals surface area contributed by atoms with Gasteiger partial charge in [0, 0.05) is 0 Å².